The molecular weight excluding hydrogens is 510 g/mol. The van der Waals surface area contributed by atoms with E-state index in [9.17, 15) is 14.4 Å². The van der Waals surface area contributed by atoms with Crippen LogP contribution in [0.25, 0.3) is 21.7 Å². The SMILES string of the molecule is COC1CCN(c2cccc3ccn(C4CC4c4ccc5ccccc5n4)c(=O)c23)CC1.O=C(O)/C=C/C(=O)O. The summed E-state index contributed by atoms with van der Waals surface area (Å²) in [4.78, 5) is 40.0. The molecule has 2 atom stereocenters. The van der Waals surface area contributed by atoms with Crippen molar-refractivity contribution in [2.45, 2.75) is 37.3 Å². The number of para-hydroxylation sites is 1. The predicted octanol–water partition coefficient (Wildman–Crippen LogP) is 4.61. The lowest BCUT2D eigenvalue weighted by Gasteiger charge is -2.33. The Hall–Kier alpha value is -4.50. The van der Waals surface area contributed by atoms with Gasteiger partial charge in [-0.3, -0.25) is 9.78 Å². The van der Waals surface area contributed by atoms with Crippen molar-refractivity contribution >= 4 is 39.3 Å². The number of rotatable bonds is 6. The minimum Gasteiger partial charge on any atom is -0.478 e. The topological polar surface area (TPSA) is 122 Å². The van der Waals surface area contributed by atoms with Gasteiger partial charge in [0.15, 0.2) is 0 Å². The highest BCUT2D eigenvalue weighted by Crippen LogP contribution is 2.50. The largest absolute Gasteiger partial charge is 0.478 e. The number of aromatic nitrogens is 2. The average molecular weight is 542 g/mol. The molecule has 9 heteroatoms. The van der Waals surface area contributed by atoms with Gasteiger partial charge in [-0.15, -0.1) is 0 Å². The van der Waals surface area contributed by atoms with E-state index in [4.69, 9.17) is 19.9 Å². The zero-order valence-electron chi connectivity index (χ0n) is 22.1. The maximum atomic E-state index is 13.7. The fourth-order valence-electron chi connectivity index (χ4n) is 5.38. The number of hydrogen-bond acceptors (Lipinski definition) is 6. The van der Waals surface area contributed by atoms with Crippen LogP contribution in [0.3, 0.4) is 0 Å². The summed E-state index contributed by atoms with van der Waals surface area (Å²) in [7, 11) is 1.79. The zero-order valence-corrected chi connectivity index (χ0v) is 22.1. The summed E-state index contributed by atoms with van der Waals surface area (Å²) < 4.78 is 7.47. The van der Waals surface area contributed by atoms with E-state index in [0.29, 0.717) is 24.2 Å². The Labute approximate surface area is 230 Å². The third kappa shape index (κ3) is 5.89. The van der Waals surface area contributed by atoms with Crippen molar-refractivity contribution in [3.8, 4) is 0 Å². The van der Waals surface area contributed by atoms with Crippen molar-refractivity contribution < 1.29 is 24.5 Å². The first-order chi connectivity index (χ1) is 19.4. The Morgan fingerprint density at radius 1 is 0.925 bits per heavy atom. The Kier molecular flexibility index (Phi) is 7.93. The number of carboxylic acids is 2. The highest BCUT2D eigenvalue weighted by atomic mass is 16.5. The van der Waals surface area contributed by atoms with Gasteiger partial charge in [0.1, 0.15) is 0 Å². The molecule has 1 saturated heterocycles. The number of benzene rings is 2. The number of carboxylic acid groups (broad SMARTS) is 2. The van der Waals surface area contributed by atoms with Crippen LogP contribution >= 0.6 is 0 Å². The van der Waals surface area contributed by atoms with E-state index in [1.807, 2.05) is 29.0 Å². The van der Waals surface area contributed by atoms with Gasteiger partial charge < -0.3 is 24.4 Å². The highest BCUT2D eigenvalue weighted by Gasteiger charge is 2.42. The lowest BCUT2D eigenvalue weighted by Crippen LogP contribution is -2.37. The molecule has 1 aliphatic carbocycles. The minimum absolute atomic E-state index is 0.111. The van der Waals surface area contributed by atoms with Crippen LogP contribution in [0.2, 0.25) is 0 Å². The molecule has 3 heterocycles. The second kappa shape index (κ2) is 11.7. The monoisotopic (exact) mass is 541 g/mol. The number of fused-ring (bicyclic) bond motifs is 2. The molecule has 2 unspecified atom stereocenters. The van der Waals surface area contributed by atoms with Gasteiger partial charge in [-0.05, 0) is 48.9 Å². The summed E-state index contributed by atoms with van der Waals surface area (Å²) in [6.45, 7) is 1.83. The molecule has 9 nitrogen and oxygen atoms in total. The van der Waals surface area contributed by atoms with Gasteiger partial charge in [-0.2, -0.15) is 0 Å². The molecule has 2 aromatic heterocycles. The van der Waals surface area contributed by atoms with Gasteiger partial charge in [-0.25, -0.2) is 9.59 Å². The van der Waals surface area contributed by atoms with Gasteiger partial charge in [0, 0.05) is 61.6 Å². The Morgan fingerprint density at radius 3 is 2.33 bits per heavy atom. The zero-order chi connectivity index (χ0) is 28.2. The van der Waals surface area contributed by atoms with Gasteiger partial charge in [-0.1, -0.05) is 36.4 Å². The van der Waals surface area contributed by atoms with Crippen LogP contribution in [-0.2, 0) is 14.3 Å². The smallest absolute Gasteiger partial charge is 0.328 e. The van der Waals surface area contributed by atoms with Crippen molar-refractivity contribution in [1.29, 1.82) is 0 Å². The van der Waals surface area contributed by atoms with Crippen LogP contribution < -0.4 is 10.5 Å². The Balaban J connectivity index is 0.000000355. The van der Waals surface area contributed by atoms with E-state index in [1.165, 1.54) is 0 Å². The Bertz CT molecular complexity index is 1620. The first-order valence-electron chi connectivity index (χ1n) is 13.3. The van der Waals surface area contributed by atoms with Crippen molar-refractivity contribution in [1.82, 2.24) is 9.55 Å². The van der Waals surface area contributed by atoms with Gasteiger partial charge in [0.2, 0.25) is 0 Å². The summed E-state index contributed by atoms with van der Waals surface area (Å²) in [5.41, 5.74) is 3.26. The van der Waals surface area contributed by atoms with Crippen LogP contribution in [0.4, 0.5) is 5.69 Å². The maximum absolute atomic E-state index is 13.7. The normalized spacial score (nSPS) is 19.0. The molecule has 0 bridgehead atoms. The van der Waals surface area contributed by atoms with E-state index in [0.717, 1.165) is 65.4 Å². The highest BCUT2D eigenvalue weighted by molar-refractivity contribution is 5.93. The van der Waals surface area contributed by atoms with Crippen LogP contribution in [0.15, 0.2) is 83.8 Å². The summed E-state index contributed by atoms with van der Waals surface area (Å²) >= 11 is 0. The molecule has 0 spiro atoms. The number of ether oxygens (including phenoxy) is 1. The maximum Gasteiger partial charge on any atom is 0.328 e. The van der Waals surface area contributed by atoms with Gasteiger partial charge >= 0.3 is 11.9 Å². The first-order valence-corrected chi connectivity index (χ1v) is 13.3. The molecule has 2 N–H and O–H groups in total. The van der Waals surface area contributed by atoms with Crippen LogP contribution in [0, 0.1) is 0 Å². The summed E-state index contributed by atoms with van der Waals surface area (Å²) in [6, 6.07) is 20.9. The van der Waals surface area contributed by atoms with Crippen LogP contribution in [0.5, 0.6) is 0 Å². The van der Waals surface area contributed by atoms with Crippen molar-refractivity contribution in [3.05, 3.63) is 95.1 Å². The minimum atomic E-state index is -1.26. The van der Waals surface area contributed by atoms with Crippen LogP contribution in [0.1, 0.15) is 36.9 Å². The fraction of sp³-hybridized carbons (Fsp3) is 0.290. The second-order valence-corrected chi connectivity index (χ2v) is 10.0. The third-order valence-electron chi connectivity index (χ3n) is 7.54. The fourth-order valence-corrected chi connectivity index (χ4v) is 5.38. The number of nitrogens with zero attached hydrogens (tertiary/aromatic N) is 3. The molecule has 2 aromatic carbocycles. The number of aliphatic carboxylic acids is 2. The molecule has 2 aliphatic rings. The van der Waals surface area contributed by atoms with E-state index >= 15 is 0 Å². The van der Waals surface area contributed by atoms with Gasteiger partial charge in [0.05, 0.1) is 22.7 Å². The van der Waals surface area contributed by atoms with Crippen LogP contribution in [-0.4, -0.2) is 58.0 Å². The van der Waals surface area contributed by atoms with E-state index in [-0.39, 0.29) is 11.6 Å². The number of carbonyl (C=O) groups is 2. The molecule has 4 aromatic rings. The van der Waals surface area contributed by atoms with Gasteiger partial charge in [0.25, 0.3) is 5.56 Å². The van der Waals surface area contributed by atoms with Crippen molar-refractivity contribution in [3.63, 3.8) is 0 Å². The molecule has 0 radical (unpaired) electrons. The first kappa shape index (κ1) is 27.1. The lowest BCUT2D eigenvalue weighted by molar-refractivity contribution is -0.134. The standard InChI is InChI=1S/C27H27N3O2.C4H4O4/c1-32-20-12-14-29(15-13-20)24-8-4-6-19-11-16-30(27(31)26(19)24)25-17-21(25)23-10-9-18-5-2-3-7-22(18)28-23;5-3(6)1-2-4(7)8/h2-11,16,20-21,25H,12-15,17H2,1H3;1-2H,(H,5,6)(H,7,8)/b;2-1+. The molecular formula is C31H31N3O6. The summed E-state index contributed by atoms with van der Waals surface area (Å²) in [5.74, 6) is -2.22. The average Bonchev–Trinajstić information content (AvgIpc) is 3.77. The Morgan fingerprint density at radius 2 is 1.62 bits per heavy atom. The van der Waals surface area contributed by atoms with E-state index < -0.39 is 11.9 Å². The molecule has 6 rings (SSSR count). The number of hydrogen-bond donors (Lipinski definition) is 2. The molecule has 1 aliphatic heterocycles. The molecule has 206 valence electrons. The number of methoxy groups -OCH3 is 1. The quantitative estimate of drug-likeness (QED) is 0.340. The molecule has 1 saturated carbocycles. The third-order valence-corrected chi connectivity index (χ3v) is 7.54. The lowest BCUT2D eigenvalue weighted by atomic mass is 10.0. The number of anilines is 1. The predicted molar refractivity (Wildman–Crippen MR) is 153 cm³/mol. The number of piperidine rings is 1. The second-order valence-electron chi connectivity index (χ2n) is 10.0. The summed E-state index contributed by atoms with van der Waals surface area (Å²) in [5, 5.41) is 18.6. The molecule has 2 fully saturated rings. The molecule has 0 amide bonds. The molecule has 40 heavy (non-hydrogen) atoms. The summed E-state index contributed by atoms with van der Waals surface area (Å²) in [6.07, 6.45) is 6.35. The van der Waals surface area contributed by atoms with Crippen molar-refractivity contribution in [2.75, 3.05) is 25.1 Å². The number of pyridine rings is 2. The van der Waals surface area contributed by atoms with Crippen molar-refractivity contribution in [2.24, 2.45) is 0 Å². The van der Waals surface area contributed by atoms with E-state index in [1.54, 1.807) is 7.11 Å². The van der Waals surface area contributed by atoms with E-state index in [2.05, 4.69) is 47.4 Å².